The summed E-state index contributed by atoms with van der Waals surface area (Å²) in [5.41, 5.74) is 7.30. The van der Waals surface area contributed by atoms with Crippen LogP contribution >= 0.6 is 27.5 Å². The topological polar surface area (TPSA) is 48.1 Å². The summed E-state index contributed by atoms with van der Waals surface area (Å²) in [5, 5.41) is 1.52. The van der Waals surface area contributed by atoms with Gasteiger partial charge in [0, 0.05) is 14.9 Å². The monoisotopic (exact) mass is 348 g/mol. The number of hydrogen-bond acceptors (Lipinski definition) is 3. The van der Waals surface area contributed by atoms with Gasteiger partial charge in [-0.05, 0) is 42.5 Å². The standard InChI is InChI=1S/C15H10BrClN2O/c16-9-1-6-14-12(7-9)15(13(18)8-19-14)20-11-4-2-10(17)3-5-11/h1-8H,18H2. The van der Waals surface area contributed by atoms with E-state index in [1.54, 1.807) is 30.5 Å². The van der Waals surface area contributed by atoms with E-state index >= 15 is 0 Å². The minimum atomic E-state index is 0.491. The smallest absolute Gasteiger partial charge is 0.161 e. The quantitative estimate of drug-likeness (QED) is 0.706. The Balaban J connectivity index is 2.12. The number of anilines is 1. The number of nitrogen functional groups attached to an aromatic ring is 1. The number of fused-ring (bicyclic) bond motifs is 1. The van der Waals surface area contributed by atoms with Crippen LogP contribution in [0, 0.1) is 0 Å². The van der Waals surface area contributed by atoms with Crippen LogP contribution in [-0.4, -0.2) is 4.98 Å². The third kappa shape index (κ3) is 2.57. The number of aromatic nitrogens is 1. The van der Waals surface area contributed by atoms with Crippen molar-refractivity contribution in [1.29, 1.82) is 0 Å². The maximum atomic E-state index is 5.99. The Labute approximate surface area is 129 Å². The number of hydrogen-bond donors (Lipinski definition) is 1. The predicted molar refractivity (Wildman–Crippen MR) is 85.4 cm³/mol. The highest BCUT2D eigenvalue weighted by Crippen LogP contribution is 2.35. The molecule has 0 aliphatic heterocycles. The summed E-state index contributed by atoms with van der Waals surface area (Å²) in [5.74, 6) is 1.27. The van der Waals surface area contributed by atoms with Crippen LogP contribution in [0.15, 0.2) is 53.1 Å². The summed E-state index contributed by atoms with van der Waals surface area (Å²) in [4.78, 5) is 4.29. The number of nitrogens with zero attached hydrogens (tertiary/aromatic N) is 1. The SMILES string of the molecule is Nc1cnc2ccc(Br)cc2c1Oc1ccc(Cl)cc1. The van der Waals surface area contributed by atoms with Crippen molar-refractivity contribution < 1.29 is 4.74 Å². The van der Waals surface area contributed by atoms with Crippen molar-refractivity contribution in [3.63, 3.8) is 0 Å². The van der Waals surface area contributed by atoms with E-state index in [4.69, 9.17) is 22.1 Å². The fraction of sp³-hybridized carbons (Fsp3) is 0. The molecule has 2 N–H and O–H groups in total. The first kappa shape index (κ1) is 13.2. The van der Waals surface area contributed by atoms with Gasteiger partial charge in [-0.15, -0.1) is 0 Å². The van der Waals surface area contributed by atoms with Crippen molar-refractivity contribution in [2.75, 3.05) is 5.73 Å². The molecule has 0 spiro atoms. The average molecular weight is 350 g/mol. The summed E-state index contributed by atoms with van der Waals surface area (Å²) < 4.78 is 6.83. The van der Waals surface area contributed by atoms with Gasteiger partial charge >= 0.3 is 0 Å². The molecule has 0 aliphatic carbocycles. The molecule has 0 unspecified atom stereocenters. The number of pyridine rings is 1. The first-order valence-electron chi connectivity index (χ1n) is 5.90. The molecule has 0 aliphatic rings. The lowest BCUT2D eigenvalue weighted by Gasteiger charge is -2.11. The normalized spacial score (nSPS) is 10.7. The number of rotatable bonds is 2. The van der Waals surface area contributed by atoms with E-state index in [-0.39, 0.29) is 0 Å². The third-order valence-electron chi connectivity index (χ3n) is 2.84. The van der Waals surface area contributed by atoms with E-state index in [1.807, 2.05) is 18.2 Å². The Morgan fingerprint density at radius 3 is 2.60 bits per heavy atom. The molecule has 3 nitrogen and oxygen atoms in total. The van der Waals surface area contributed by atoms with Crippen molar-refractivity contribution in [3.8, 4) is 11.5 Å². The van der Waals surface area contributed by atoms with Gasteiger partial charge in [-0.1, -0.05) is 27.5 Å². The Kier molecular flexibility index (Phi) is 3.51. The second kappa shape index (κ2) is 5.31. The molecule has 3 rings (SSSR count). The molecule has 20 heavy (non-hydrogen) atoms. The van der Waals surface area contributed by atoms with E-state index in [9.17, 15) is 0 Å². The lowest BCUT2D eigenvalue weighted by molar-refractivity contribution is 0.490. The van der Waals surface area contributed by atoms with E-state index < -0.39 is 0 Å². The zero-order chi connectivity index (χ0) is 14.1. The van der Waals surface area contributed by atoms with Gasteiger partial charge < -0.3 is 10.5 Å². The molecule has 3 aromatic rings. The Bertz CT molecular complexity index is 769. The molecule has 0 amide bonds. The molecule has 100 valence electrons. The maximum Gasteiger partial charge on any atom is 0.161 e. The Morgan fingerprint density at radius 2 is 1.85 bits per heavy atom. The van der Waals surface area contributed by atoms with Gasteiger partial charge in [0.15, 0.2) is 5.75 Å². The van der Waals surface area contributed by atoms with Crippen molar-refractivity contribution in [3.05, 3.63) is 58.2 Å². The fourth-order valence-corrected chi connectivity index (χ4v) is 2.38. The summed E-state index contributed by atoms with van der Waals surface area (Å²) in [6.07, 6.45) is 1.60. The molecule has 0 atom stereocenters. The van der Waals surface area contributed by atoms with E-state index in [0.29, 0.717) is 22.2 Å². The molecule has 0 bridgehead atoms. The summed E-state index contributed by atoms with van der Waals surface area (Å²) in [6, 6.07) is 12.9. The van der Waals surface area contributed by atoms with Gasteiger partial charge in [0.2, 0.25) is 0 Å². The van der Waals surface area contributed by atoms with E-state index in [2.05, 4.69) is 20.9 Å². The summed E-state index contributed by atoms with van der Waals surface area (Å²) >= 11 is 9.31. The van der Waals surface area contributed by atoms with Gasteiger partial charge in [0.25, 0.3) is 0 Å². The minimum absolute atomic E-state index is 0.491. The molecule has 0 saturated carbocycles. The predicted octanol–water partition coefficient (Wildman–Crippen LogP) is 5.03. The molecule has 0 saturated heterocycles. The van der Waals surface area contributed by atoms with Gasteiger partial charge in [-0.25, -0.2) is 0 Å². The fourth-order valence-electron chi connectivity index (χ4n) is 1.89. The van der Waals surface area contributed by atoms with Gasteiger partial charge in [-0.2, -0.15) is 0 Å². The lowest BCUT2D eigenvalue weighted by Crippen LogP contribution is -1.95. The Morgan fingerprint density at radius 1 is 1.10 bits per heavy atom. The van der Waals surface area contributed by atoms with Crippen molar-refractivity contribution >= 4 is 44.1 Å². The number of ether oxygens (including phenoxy) is 1. The first-order valence-corrected chi connectivity index (χ1v) is 7.08. The second-order valence-electron chi connectivity index (χ2n) is 4.26. The molecule has 5 heteroatoms. The molecule has 1 heterocycles. The zero-order valence-corrected chi connectivity index (χ0v) is 12.6. The third-order valence-corrected chi connectivity index (χ3v) is 3.59. The highest BCUT2D eigenvalue weighted by Gasteiger charge is 2.10. The van der Waals surface area contributed by atoms with Gasteiger partial charge in [0.1, 0.15) is 5.75 Å². The number of benzene rings is 2. The van der Waals surface area contributed by atoms with E-state index in [1.165, 1.54) is 0 Å². The first-order chi connectivity index (χ1) is 9.63. The van der Waals surface area contributed by atoms with Crippen LogP contribution in [0.2, 0.25) is 5.02 Å². The zero-order valence-electron chi connectivity index (χ0n) is 10.3. The van der Waals surface area contributed by atoms with Crippen LogP contribution in [0.4, 0.5) is 5.69 Å². The van der Waals surface area contributed by atoms with Crippen LogP contribution in [0.3, 0.4) is 0 Å². The minimum Gasteiger partial charge on any atom is -0.454 e. The number of nitrogens with two attached hydrogens (primary N) is 1. The van der Waals surface area contributed by atoms with Crippen molar-refractivity contribution in [2.24, 2.45) is 0 Å². The Hall–Kier alpha value is -1.78. The number of halogens is 2. The molecule has 0 radical (unpaired) electrons. The van der Waals surface area contributed by atoms with Crippen LogP contribution in [0.25, 0.3) is 10.9 Å². The molecule has 0 fully saturated rings. The van der Waals surface area contributed by atoms with Gasteiger partial charge in [0.05, 0.1) is 17.4 Å². The highest BCUT2D eigenvalue weighted by molar-refractivity contribution is 9.10. The largest absolute Gasteiger partial charge is 0.454 e. The molecular weight excluding hydrogens is 340 g/mol. The molecular formula is C15H10BrClN2O. The average Bonchev–Trinajstić information content (AvgIpc) is 2.44. The molecule has 1 aromatic heterocycles. The summed E-state index contributed by atoms with van der Waals surface area (Å²) in [6.45, 7) is 0. The van der Waals surface area contributed by atoms with Crippen LogP contribution in [0.1, 0.15) is 0 Å². The van der Waals surface area contributed by atoms with Crippen LogP contribution in [0.5, 0.6) is 11.5 Å². The lowest BCUT2D eigenvalue weighted by atomic mass is 10.2. The maximum absolute atomic E-state index is 5.99. The van der Waals surface area contributed by atoms with Crippen molar-refractivity contribution in [1.82, 2.24) is 4.98 Å². The van der Waals surface area contributed by atoms with Crippen LogP contribution in [-0.2, 0) is 0 Å². The summed E-state index contributed by atoms with van der Waals surface area (Å²) in [7, 11) is 0. The van der Waals surface area contributed by atoms with E-state index in [0.717, 1.165) is 15.4 Å². The molecule has 2 aromatic carbocycles. The van der Waals surface area contributed by atoms with Crippen molar-refractivity contribution in [2.45, 2.75) is 0 Å². The van der Waals surface area contributed by atoms with Crippen LogP contribution < -0.4 is 10.5 Å². The highest BCUT2D eigenvalue weighted by atomic mass is 79.9. The van der Waals surface area contributed by atoms with Gasteiger partial charge in [-0.3, -0.25) is 4.98 Å². The second-order valence-corrected chi connectivity index (χ2v) is 5.61.